The largest absolute Gasteiger partial charge is 0.301 e. The number of aryl methyl sites for hydroxylation is 2. The van der Waals surface area contributed by atoms with Gasteiger partial charge in [0.25, 0.3) is 5.91 Å². The van der Waals surface area contributed by atoms with Crippen LogP contribution in [0.25, 0.3) is 0 Å². The number of hydrogen-bond donors (Lipinski definition) is 2. The standard InChI is InChI=1S/C17H18N2OS/c1-21-17(18)19-16(20)15-10-6-5-9-14(15)12-11-13-7-3-2-4-8-13/h2-10H,11-12H2,1H3,(H2,18,19,20). The summed E-state index contributed by atoms with van der Waals surface area (Å²) in [5.74, 6) is -0.210. The molecule has 108 valence electrons. The van der Waals surface area contributed by atoms with Crippen molar-refractivity contribution in [3.63, 3.8) is 0 Å². The van der Waals surface area contributed by atoms with Crippen LogP contribution in [0.15, 0.2) is 54.6 Å². The van der Waals surface area contributed by atoms with Gasteiger partial charge in [-0.2, -0.15) is 0 Å². The van der Waals surface area contributed by atoms with Gasteiger partial charge in [-0.05, 0) is 36.3 Å². The lowest BCUT2D eigenvalue weighted by Crippen LogP contribution is -2.28. The Morgan fingerprint density at radius 1 is 1.05 bits per heavy atom. The van der Waals surface area contributed by atoms with E-state index >= 15 is 0 Å². The minimum absolute atomic E-state index is 0.165. The number of carbonyl (C=O) groups excluding carboxylic acids is 1. The second-order valence-corrected chi connectivity index (χ2v) is 5.45. The molecule has 0 bridgehead atoms. The maximum atomic E-state index is 12.2. The van der Waals surface area contributed by atoms with Crippen LogP contribution in [0.3, 0.4) is 0 Å². The summed E-state index contributed by atoms with van der Waals surface area (Å²) in [5, 5.41) is 10.3. The molecule has 0 radical (unpaired) electrons. The van der Waals surface area contributed by atoms with Crippen LogP contribution in [0.4, 0.5) is 0 Å². The van der Waals surface area contributed by atoms with Crippen molar-refractivity contribution < 1.29 is 4.79 Å². The molecule has 0 aliphatic carbocycles. The number of hydrogen-bond acceptors (Lipinski definition) is 3. The average molecular weight is 298 g/mol. The summed E-state index contributed by atoms with van der Waals surface area (Å²) in [5.41, 5.74) is 2.91. The van der Waals surface area contributed by atoms with E-state index in [2.05, 4.69) is 17.4 Å². The van der Waals surface area contributed by atoms with E-state index in [0.29, 0.717) is 5.56 Å². The van der Waals surface area contributed by atoms with Gasteiger partial charge in [0.1, 0.15) is 0 Å². The number of carbonyl (C=O) groups is 1. The minimum atomic E-state index is -0.210. The average Bonchev–Trinajstić information content (AvgIpc) is 2.54. The Balaban J connectivity index is 2.09. The van der Waals surface area contributed by atoms with Crippen LogP contribution in [0, 0.1) is 5.41 Å². The summed E-state index contributed by atoms with van der Waals surface area (Å²) in [6.45, 7) is 0. The molecular weight excluding hydrogens is 280 g/mol. The molecule has 0 aromatic heterocycles. The van der Waals surface area contributed by atoms with Crippen LogP contribution >= 0.6 is 11.8 Å². The molecule has 0 aliphatic heterocycles. The van der Waals surface area contributed by atoms with E-state index in [1.54, 1.807) is 6.26 Å². The Morgan fingerprint density at radius 3 is 2.43 bits per heavy atom. The highest BCUT2D eigenvalue weighted by atomic mass is 32.2. The first-order chi connectivity index (χ1) is 10.2. The Labute approximate surface area is 129 Å². The van der Waals surface area contributed by atoms with E-state index in [1.165, 1.54) is 17.3 Å². The van der Waals surface area contributed by atoms with Gasteiger partial charge in [-0.15, -0.1) is 0 Å². The second-order valence-electron chi connectivity index (χ2n) is 4.63. The highest BCUT2D eigenvalue weighted by Crippen LogP contribution is 2.13. The first kappa shape index (κ1) is 15.3. The zero-order valence-electron chi connectivity index (χ0n) is 11.9. The third kappa shape index (κ3) is 4.46. The highest BCUT2D eigenvalue weighted by molar-refractivity contribution is 8.13. The van der Waals surface area contributed by atoms with Gasteiger partial charge in [0.2, 0.25) is 0 Å². The van der Waals surface area contributed by atoms with Crippen molar-refractivity contribution in [3.8, 4) is 0 Å². The molecule has 2 aromatic carbocycles. The van der Waals surface area contributed by atoms with Crippen molar-refractivity contribution in [1.29, 1.82) is 5.41 Å². The molecule has 2 rings (SSSR count). The monoisotopic (exact) mass is 298 g/mol. The summed E-state index contributed by atoms with van der Waals surface area (Å²) < 4.78 is 0. The fourth-order valence-corrected chi connectivity index (χ4v) is 2.30. The fraction of sp³-hybridized carbons (Fsp3) is 0.176. The van der Waals surface area contributed by atoms with Crippen molar-refractivity contribution in [2.75, 3.05) is 6.26 Å². The molecule has 0 spiro atoms. The van der Waals surface area contributed by atoms with Gasteiger partial charge in [-0.1, -0.05) is 60.3 Å². The van der Waals surface area contributed by atoms with Crippen molar-refractivity contribution in [1.82, 2.24) is 5.32 Å². The normalized spacial score (nSPS) is 10.1. The zero-order valence-corrected chi connectivity index (χ0v) is 12.7. The van der Waals surface area contributed by atoms with E-state index in [1.807, 2.05) is 42.5 Å². The lowest BCUT2D eigenvalue weighted by atomic mass is 9.99. The Bertz CT molecular complexity index is 626. The number of amides is 1. The molecule has 1 amide bonds. The number of benzene rings is 2. The molecule has 4 heteroatoms. The molecular formula is C17H18N2OS. The van der Waals surface area contributed by atoms with Crippen molar-refractivity contribution in [3.05, 3.63) is 71.3 Å². The van der Waals surface area contributed by atoms with Gasteiger partial charge in [0.15, 0.2) is 5.17 Å². The number of nitrogens with one attached hydrogen (secondary N) is 2. The predicted octanol–water partition coefficient (Wildman–Crippen LogP) is 3.50. The van der Waals surface area contributed by atoms with E-state index in [4.69, 9.17) is 5.41 Å². The lowest BCUT2D eigenvalue weighted by Gasteiger charge is -2.10. The first-order valence-electron chi connectivity index (χ1n) is 6.76. The molecule has 0 atom stereocenters. The van der Waals surface area contributed by atoms with Gasteiger partial charge in [-0.3, -0.25) is 10.2 Å². The van der Waals surface area contributed by atoms with Crippen molar-refractivity contribution >= 4 is 22.8 Å². The van der Waals surface area contributed by atoms with Gasteiger partial charge < -0.3 is 5.32 Å². The van der Waals surface area contributed by atoms with Crippen LogP contribution in [0.1, 0.15) is 21.5 Å². The van der Waals surface area contributed by atoms with Crippen molar-refractivity contribution in [2.24, 2.45) is 0 Å². The van der Waals surface area contributed by atoms with E-state index in [-0.39, 0.29) is 11.1 Å². The van der Waals surface area contributed by atoms with Gasteiger partial charge >= 0.3 is 0 Å². The molecule has 2 N–H and O–H groups in total. The van der Waals surface area contributed by atoms with Gasteiger partial charge in [0.05, 0.1) is 0 Å². The SMILES string of the molecule is CSC(=N)NC(=O)c1ccccc1CCc1ccccc1. The maximum absolute atomic E-state index is 12.2. The molecule has 0 aliphatic rings. The summed E-state index contributed by atoms with van der Waals surface area (Å²) in [6.07, 6.45) is 3.47. The molecule has 0 heterocycles. The summed E-state index contributed by atoms with van der Waals surface area (Å²) in [6, 6.07) is 17.8. The van der Waals surface area contributed by atoms with Crippen LogP contribution in [0.2, 0.25) is 0 Å². The highest BCUT2D eigenvalue weighted by Gasteiger charge is 2.11. The maximum Gasteiger partial charge on any atom is 0.257 e. The van der Waals surface area contributed by atoms with Crippen LogP contribution in [0.5, 0.6) is 0 Å². The van der Waals surface area contributed by atoms with Gasteiger partial charge in [0, 0.05) is 5.56 Å². The van der Waals surface area contributed by atoms with Crippen LogP contribution in [-0.4, -0.2) is 17.3 Å². The predicted molar refractivity (Wildman–Crippen MR) is 89.0 cm³/mol. The summed E-state index contributed by atoms with van der Waals surface area (Å²) in [7, 11) is 0. The van der Waals surface area contributed by atoms with E-state index in [9.17, 15) is 4.79 Å². The lowest BCUT2D eigenvalue weighted by molar-refractivity contribution is 0.0977. The zero-order chi connectivity index (χ0) is 15.1. The summed E-state index contributed by atoms with van der Waals surface area (Å²) >= 11 is 1.22. The first-order valence-corrected chi connectivity index (χ1v) is 7.99. The molecule has 0 unspecified atom stereocenters. The third-order valence-corrected chi connectivity index (χ3v) is 3.73. The van der Waals surface area contributed by atoms with Crippen LogP contribution < -0.4 is 5.32 Å². The Hall–Kier alpha value is -2.07. The number of amidine groups is 1. The molecule has 2 aromatic rings. The molecule has 21 heavy (non-hydrogen) atoms. The van der Waals surface area contributed by atoms with Gasteiger partial charge in [-0.25, -0.2) is 0 Å². The summed E-state index contributed by atoms with van der Waals surface area (Å²) in [4.78, 5) is 12.2. The minimum Gasteiger partial charge on any atom is -0.301 e. The number of thioether (sulfide) groups is 1. The van der Waals surface area contributed by atoms with E-state index in [0.717, 1.165) is 18.4 Å². The third-order valence-electron chi connectivity index (χ3n) is 3.22. The topological polar surface area (TPSA) is 53.0 Å². The molecule has 0 saturated heterocycles. The smallest absolute Gasteiger partial charge is 0.257 e. The molecule has 0 fully saturated rings. The Kier molecular flexibility index (Phi) is 5.58. The quantitative estimate of drug-likeness (QED) is 0.670. The fourth-order valence-electron chi connectivity index (χ4n) is 2.10. The second kappa shape index (κ2) is 7.64. The molecule has 3 nitrogen and oxygen atoms in total. The Morgan fingerprint density at radius 2 is 1.71 bits per heavy atom. The molecule has 0 saturated carbocycles. The van der Waals surface area contributed by atoms with E-state index < -0.39 is 0 Å². The van der Waals surface area contributed by atoms with Crippen molar-refractivity contribution in [2.45, 2.75) is 12.8 Å². The van der Waals surface area contributed by atoms with Crippen LogP contribution in [-0.2, 0) is 12.8 Å². The number of rotatable bonds is 4.